The van der Waals surface area contributed by atoms with Gasteiger partial charge in [0.05, 0.1) is 11.7 Å². The number of aromatic amines is 1. The van der Waals surface area contributed by atoms with Crippen molar-refractivity contribution in [1.82, 2.24) is 20.3 Å². The molecular formula is C15H14N6. The van der Waals surface area contributed by atoms with Gasteiger partial charge in [0, 0.05) is 48.2 Å². The molecule has 1 fully saturated rings. The lowest BCUT2D eigenvalue weighted by molar-refractivity contribution is 0.365. The van der Waals surface area contributed by atoms with Crippen molar-refractivity contribution >= 4 is 27.6 Å². The van der Waals surface area contributed by atoms with Crippen LogP contribution in [-0.4, -0.2) is 34.6 Å². The van der Waals surface area contributed by atoms with Gasteiger partial charge in [0.25, 0.3) is 0 Å². The average molecular weight is 278 g/mol. The molecular weight excluding hydrogens is 264 g/mol. The fourth-order valence-electron chi connectivity index (χ4n) is 2.67. The highest BCUT2D eigenvalue weighted by molar-refractivity contribution is 6.11. The van der Waals surface area contributed by atoms with Crippen molar-refractivity contribution in [3.63, 3.8) is 0 Å². The van der Waals surface area contributed by atoms with Gasteiger partial charge in [0.15, 0.2) is 0 Å². The van der Waals surface area contributed by atoms with Gasteiger partial charge in [-0.1, -0.05) is 0 Å². The SMILES string of the molecule is N#Cc1cc2c(cn1)[nH]c1nccc(NCC3CNC3)c12. The number of pyridine rings is 2. The summed E-state index contributed by atoms with van der Waals surface area (Å²) in [6.45, 7) is 3.07. The Morgan fingerprint density at radius 1 is 1.38 bits per heavy atom. The van der Waals surface area contributed by atoms with E-state index in [0.29, 0.717) is 11.6 Å². The Kier molecular flexibility index (Phi) is 2.72. The van der Waals surface area contributed by atoms with Gasteiger partial charge in [-0.2, -0.15) is 5.26 Å². The predicted octanol–water partition coefficient (Wildman–Crippen LogP) is 1.61. The fourth-order valence-corrected chi connectivity index (χ4v) is 2.67. The van der Waals surface area contributed by atoms with Gasteiger partial charge in [-0.25, -0.2) is 9.97 Å². The van der Waals surface area contributed by atoms with Crippen molar-refractivity contribution in [2.24, 2.45) is 5.92 Å². The van der Waals surface area contributed by atoms with Gasteiger partial charge in [-0.15, -0.1) is 0 Å². The summed E-state index contributed by atoms with van der Waals surface area (Å²) >= 11 is 0. The maximum Gasteiger partial charge on any atom is 0.141 e. The Hall–Kier alpha value is -2.65. The van der Waals surface area contributed by atoms with E-state index in [1.54, 1.807) is 12.4 Å². The van der Waals surface area contributed by atoms with E-state index < -0.39 is 0 Å². The van der Waals surface area contributed by atoms with E-state index in [2.05, 4.69) is 31.7 Å². The van der Waals surface area contributed by atoms with Gasteiger partial charge in [0.1, 0.15) is 17.4 Å². The highest BCUT2D eigenvalue weighted by Crippen LogP contribution is 2.30. The molecule has 4 rings (SSSR count). The third-order valence-corrected chi connectivity index (χ3v) is 3.94. The number of nitrogens with zero attached hydrogens (tertiary/aromatic N) is 3. The van der Waals surface area contributed by atoms with Crippen molar-refractivity contribution in [3.05, 3.63) is 30.2 Å². The first-order valence-corrected chi connectivity index (χ1v) is 6.96. The zero-order valence-electron chi connectivity index (χ0n) is 11.3. The van der Waals surface area contributed by atoms with E-state index in [-0.39, 0.29) is 0 Å². The number of hydrogen-bond acceptors (Lipinski definition) is 5. The Balaban J connectivity index is 1.83. The number of nitrogens with one attached hydrogen (secondary N) is 3. The van der Waals surface area contributed by atoms with Crippen molar-refractivity contribution in [1.29, 1.82) is 5.26 Å². The van der Waals surface area contributed by atoms with Crippen LogP contribution in [0.1, 0.15) is 5.69 Å². The topological polar surface area (TPSA) is 89.4 Å². The van der Waals surface area contributed by atoms with Crippen LogP contribution in [0.5, 0.6) is 0 Å². The van der Waals surface area contributed by atoms with Gasteiger partial charge in [-0.3, -0.25) is 0 Å². The first kappa shape index (κ1) is 12.1. The van der Waals surface area contributed by atoms with Gasteiger partial charge >= 0.3 is 0 Å². The second kappa shape index (κ2) is 4.72. The minimum atomic E-state index is 0.418. The molecule has 21 heavy (non-hydrogen) atoms. The zero-order chi connectivity index (χ0) is 14.2. The fraction of sp³-hybridized carbons (Fsp3) is 0.267. The molecule has 3 aromatic heterocycles. The Bertz CT molecular complexity index is 856. The molecule has 6 heteroatoms. The van der Waals surface area contributed by atoms with Crippen LogP contribution < -0.4 is 10.6 Å². The number of rotatable bonds is 3. The Labute approximate surface area is 121 Å². The summed E-state index contributed by atoms with van der Waals surface area (Å²) in [5, 5.41) is 17.8. The maximum absolute atomic E-state index is 9.03. The lowest BCUT2D eigenvalue weighted by Crippen LogP contribution is -2.45. The first-order valence-electron chi connectivity index (χ1n) is 6.96. The van der Waals surface area contributed by atoms with E-state index in [4.69, 9.17) is 5.26 Å². The van der Waals surface area contributed by atoms with Crippen LogP contribution >= 0.6 is 0 Å². The molecule has 3 aromatic rings. The van der Waals surface area contributed by atoms with E-state index >= 15 is 0 Å². The molecule has 3 N–H and O–H groups in total. The minimum Gasteiger partial charge on any atom is -0.384 e. The van der Waals surface area contributed by atoms with Crippen LogP contribution in [0.3, 0.4) is 0 Å². The quantitative estimate of drug-likeness (QED) is 0.677. The largest absolute Gasteiger partial charge is 0.384 e. The molecule has 0 unspecified atom stereocenters. The van der Waals surface area contributed by atoms with Crippen LogP contribution in [-0.2, 0) is 0 Å². The zero-order valence-corrected chi connectivity index (χ0v) is 11.3. The molecule has 1 aliphatic heterocycles. The normalized spacial score (nSPS) is 15.0. The van der Waals surface area contributed by atoms with E-state index in [0.717, 1.165) is 47.3 Å². The third kappa shape index (κ3) is 1.99. The number of nitriles is 1. The molecule has 0 amide bonds. The lowest BCUT2D eigenvalue weighted by atomic mass is 10.0. The van der Waals surface area contributed by atoms with Crippen LogP contribution in [0.4, 0.5) is 5.69 Å². The van der Waals surface area contributed by atoms with Gasteiger partial charge < -0.3 is 15.6 Å². The third-order valence-electron chi connectivity index (χ3n) is 3.94. The van der Waals surface area contributed by atoms with Crippen molar-refractivity contribution in [2.75, 3.05) is 25.0 Å². The molecule has 0 atom stereocenters. The molecule has 0 saturated carbocycles. The number of aromatic nitrogens is 3. The first-order chi connectivity index (χ1) is 10.3. The summed E-state index contributed by atoms with van der Waals surface area (Å²) < 4.78 is 0. The molecule has 0 spiro atoms. The van der Waals surface area contributed by atoms with Crippen molar-refractivity contribution in [2.45, 2.75) is 0 Å². The van der Waals surface area contributed by atoms with Crippen LogP contribution in [0.25, 0.3) is 21.9 Å². The number of anilines is 1. The number of fused-ring (bicyclic) bond motifs is 3. The highest BCUT2D eigenvalue weighted by Gasteiger charge is 2.17. The van der Waals surface area contributed by atoms with E-state index in [1.807, 2.05) is 12.1 Å². The maximum atomic E-state index is 9.03. The standard InChI is InChI=1S/C15H14N6/c16-4-10-3-11-13(8-19-10)21-15-14(11)12(1-2-18-15)20-7-9-5-17-6-9/h1-3,8-9,17H,5-7H2,(H2,18,20,21). The predicted molar refractivity (Wildman–Crippen MR) is 81.0 cm³/mol. The molecule has 1 saturated heterocycles. The smallest absolute Gasteiger partial charge is 0.141 e. The summed E-state index contributed by atoms with van der Waals surface area (Å²) in [5.74, 6) is 0.676. The molecule has 0 bridgehead atoms. The monoisotopic (exact) mass is 278 g/mol. The molecule has 1 aliphatic rings. The van der Waals surface area contributed by atoms with Crippen LogP contribution in [0.2, 0.25) is 0 Å². The number of H-pyrrole nitrogens is 1. The molecule has 0 radical (unpaired) electrons. The summed E-state index contributed by atoms with van der Waals surface area (Å²) in [6, 6.07) is 5.88. The highest BCUT2D eigenvalue weighted by atomic mass is 15.0. The molecule has 0 aliphatic carbocycles. The summed E-state index contributed by atoms with van der Waals surface area (Å²) in [4.78, 5) is 11.7. The van der Waals surface area contributed by atoms with E-state index in [9.17, 15) is 0 Å². The molecule has 4 heterocycles. The molecule has 6 nitrogen and oxygen atoms in total. The van der Waals surface area contributed by atoms with Crippen LogP contribution in [0.15, 0.2) is 24.5 Å². The van der Waals surface area contributed by atoms with Gasteiger partial charge in [0.2, 0.25) is 0 Å². The molecule has 0 aromatic carbocycles. The lowest BCUT2D eigenvalue weighted by Gasteiger charge is -2.27. The van der Waals surface area contributed by atoms with Gasteiger partial charge in [-0.05, 0) is 12.1 Å². The molecule has 104 valence electrons. The minimum absolute atomic E-state index is 0.418. The van der Waals surface area contributed by atoms with Crippen LogP contribution in [0, 0.1) is 17.2 Å². The Morgan fingerprint density at radius 2 is 2.29 bits per heavy atom. The summed E-state index contributed by atoms with van der Waals surface area (Å²) in [7, 11) is 0. The van der Waals surface area contributed by atoms with Crippen molar-refractivity contribution < 1.29 is 0 Å². The number of hydrogen-bond donors (Lipinski definition) is 3. The van der Waals surface area contributed by atoms with E-state index in [1.165, 1.54) is 0 Å². The van der Waals surface area contributed by atoms with Crippen molar-refractivity contribution in [3.8, 4) is 6.07 Å². The summed E-state index contributed by atoms with van der Waals surface area (Å²) in [5.41, 5.74) is 3.18. The average Bonchev–Trinajstić information content (AvgIpc) is 2.83. The second-order valence-electron chi connectivity index (χ2n) is 5.34. The summed E-state index contributed by atoms with van der Waals surface area (Å²) in [6.07, 6.45) is 3.48. The second-order valence-corrected chi connectivity index (χ2v) is 5.34. The Morgan fingerprint density at radius 3 is 3.05 bits per heavy atom.